The zero-order chi connectivity index (χ0) is 21.5. The van der Waals surface area contributed by atoms with Crippen LogP contribution in [-0.4, -0.2) is 39.2 Å². The first-order chi connectivity index (χ1) is 14.2. The number of halogens is 3. The normalized spacial score (nSPS) is 13.5. The SMILES string of the molecule is O=C(ON1C(=O)c2ccccc2C1=O)c1ccc(-c2nc(CC(F)(F)F)no2)cc1. The molecule has 8 nitrogen and oxygen atoms in total. The molecule has 0 fully saturated rings. The molecule has 1 aliphatic rings. The van der Waals surface area contributed by atoms with E-state index in [9.17, 15) is 27.6 Å². The molecule has 0 aliphatic carbocycles. The van der Waals surface area contributed by atoms with E-state index in [4.69, 9.17) is 9.36 Å². The fraction of sp³-hybridized carbons (Fsp3) is 0.105. The van der Waals surface area contributed by atoms with Gasteiger partial charge in [0.05, 0.1) is 16.7 Å². The lowest BCUT2D eigenvalue weighted by Crippen LogP contribution is -2.32. The van der Waals surface area contributed by atoms with Crippen LogP contribution >= 0.6 is 0 Å². The highest BCUT2D eigenvalue weighted by molar-refractivity contribution is 6.21. The Labute approximate surface area is 165 Å². The Morgan fingerprint density at radius 2 is 1.60 bits per heavy atom. The maximum absolute atomic E-state index is 12.4. The van der Waals surface area contributed by atoms with E-state index in [-0.39, 0.29) is 28.1 Å². The number of rotatable bonds is 4. The highest BCUT2D eigenvalue weighted by Crippen LogP contribution is 2.25. The number of fused-ring (bicyclic) bond motifs is 1. The van der Waals surface area contributed by atoms with E-state index in [0.717, 1.165) is 0 Å². The summed E-state index contributed by atoms with van der Waals surface area (Å²) < 4.78 is 41.9. The summed E-state index contributed by atoms with van der Waals surface area (Å²) in [5.41, 5.74) is 0.506. The smallest absolute Gasteiger partial charge is 0.334 e. The fourth-order valence-corrected chi connectivity index (χ4v) is 2.76. The van der Waals surface area contributed by atoms with Gasteiger partial charge in [-0.25, -0.2) is 4.79 Å². The molecule has 1 aliphatic heterocycles. The second-order valence-electron chi connectivity index (χ2n) is 6.21. The van der Waals surface area contributed by atoms with Crippen molar-refractivity contribution in [1.29, 1.82) is 0 Å². The number of aromatic nitrogens is 2. The van der Waals surface area contributed by atoms with E-state index in [1.54, 1.807) is 12.1 Å². The van der Waals surface area contributed by atoms with Crippen LogP contribution in [0.5, 0.6) is 0 Å². The maximum Gasteiger partial charge on any atom is 0.396 e. The Balaban J connectivity index is 1.47. The number of nitrogens with zero attached hydrogens (tertiary/aromatic N) is 3. The van der Waals surface area contributed by atoms with Gasteiger partial charge in [0.2, 0.25) is 0 Å². The Morgan fingerprint density at radius 3 is 2.17 bits per heavy atom. The van der Waals surface area contributed by atoms with Gasteiger partial charge < -0.3 is 9.36 Å². The standard InChI is InChI=1S/C19H10F3N3O5/c20-19(21,22)9-14-23-15(29-24-14)10-5-7-11(8-6-10)18(28)30-25-16(26)12-3-1-2-4-13(12)17(25)27/h1-8H,9H2. The molecular weight excluding hydrogens is 407 g/mol. The lowest BCUT2D eigenvalue weighted by Gasteiger charge is -2.12. The van der Waals surface area contributed by atoms with Crippen molar-refractivity contribution in [1.82, 2.24) is 15.2 Å². The van der Waals surface area contributed by atoms with Gasteiger partial charge in [-0.3, -0.25) is 9.59 Å². The molecule has 0 saturated heterocycles. The van der Waals surface area contributed by atoms with Crippen molar-refractivity contribution in [3.05, 3.63) is 71.0 Å². The molecule has 11 heteroatoms. The molecule has 152 valence electrons. The fourth-order valence-electron chi connectivity index (χ4n) is 2.76. The predicted octanol–water partition coefficient (Wildman–Crippen LogP) is 3.21. The molecule has 0 spiro atoms. The van der Waals surface area contributed by atoms with Crippen LogP contribution in [0.15, 0.2) is 53.1 Å². The van der Waals surface area contributed by atoms with Gasteiger partial charge in [-0.15, -0.1) is 0 Å². The van der Waals surface area contributed by atoms with Gasteiger partial charge in [-0.05, 0) is 36.4 Å². The molecule has 0 N–H and O–H groups in total. The molecule has 4 rings (SSSR count). The van der Waals surface area contributed by atoms with E-state index in [0.29, 0.717) is 5.06 Å². The first kappa shape index (κ1) is 19.3. The van der Waals surface area contributed by atoms with Gasteiger partial charge in [0.15, 0.2) is 5.82 Å². The molecule has 2 aromatic carbocycles. The van der Waals surface area contributed by atoms with Gasteiger partial charge in [0.25, 0.3) is 17.7 Å². The minimum absolute atomic E-state index is 0.00895. The summed E-state index contributed by atoms with van der Waals surface area (Å²) in [6, 6.07) is 11.3. The third kappa shape index (κ3) is 3.64. The number of hydrogen-bond donors (Lipinski definition) is 0. The number of benzene rings is 2. The van der Waals surface area contributed by atoms with Crippen LogP contribution < -0.4 is 0 Å². The molecule has 0 atom stereocenters. The summed E-state index contributed by atoms with van der Waals surface area (Å²) in [4.78, 5) is 45.4. The number of carbonyl (C=O) groups is 3. The summed E-state index contributed by atoms with van der Waals surface area (Å²) >= 11 is 0. The van der Waals surface area contributed by atoms with E-state index >= 15 is 0 Å². The summed E-state index contributed by atoms with van der Waals surface area (Å²) in [7, 11) is 0. The third-order valence-corrected chi connectivity index (χ3v) is 4.13. The average molecular weight is 417 g/mol. The molecule has 2 heterocycles. The first-order valence-electron chi connectivity index (χ1n) is 8.43. The van der Waals surface area contributed by atoms with E-state index in [1.165, 1.54) is 36.4 Å². The van der Waals surface area contributed by atoms with Crippen LogP contribution in [-0.2, 0) is 11.3 Å². The number of alkyl halides is 3. The zero-order valence-electron chi connectivity index (χ0n) is 14.8. The van der Waals surface area contributed by atoms with E-state index in [2.05, 4.69) is 10.1 Å². The van der Waals surface area contributed by atoms with Gasteiger partial charge in [0, 0.05) is 5.56 Å². The van der Waals surface area contributed by atoms with Crippen molar-refractivity contribution < 1.29 is 36.9 Å². The topological polar surface area (TPSA) is 103 Å². The van der Waals surface area contributed by atoms with Gasteiger partial charge in [0.1, 0.15) is 6.42 Å². The monoisotopic (exact) mass is 417 g/mol. The summed E-state index contributed by atoms with van der Waals surface area (Å²) in [6.07, 6.45) is -5.81. The first-order valence-corrected chi connectivity index (χ1v) is 8.43. The van der Waals surface area contributed by atoms with Crippen molar-refractivity contribution in [2.45, 2.75) is 12.6 Å². The number of carbonyl (C=O) groups excluding carboxylic acids is 3. The van der Waals surface area contributed by atoms with Gasteiger partial charge in [-0.2, -0.15) is 18.2 Å². The van der Waals surface area contributed by atoms with Gasteiger partial charge in [-0.1, -0.05) is 22.4 Å². The summed E-state index contributed by atoms with van der Waals surface area (Å²) in [5, 5.41) is 3.64. The van der Waals surface area contributed by atoms with Crippen molar-refractivity contribution in [2.24, 2.45) is 0 Å². The van der Waals surface area contributed by atoms with E-state index < -0.39 is 36.2 Å². The summed E-state index contributed by atoms with van der Waals surface area (Å²) in [6.45, 7) is 0. The van der Waals surface area contributed by atoms with Crippen molar-refractivity contribution >= 4 is 17.8 Å². The summed E-state index contributed by atoms with van der Waals surface area (Å²) in [5.74, 6) is -3.17. The highest BCUT2D eigenvalue weighted by atomic mass is 19.4. The lowest BCUT2D eigenvalue weighted by atomic mass is 10.1. The lowest BCUT2D eigenvalue weighted by molar-refractivity contribution is -0.128. The molecular formula is C19H10F3N3O5. The Hall–Kier alpha value is -4.02. The molecule has 0 unspecified atom stereocenters. The third-order valence-electron chi connectivity index (χ3n) is 4.13. The molecule has 0 saturated carbocycles. The van der Waals surface area contributed by atoms with Gasteiger partial charge >= 0.3 is 12.1 Å². The Kier molecular flexibility index (Phi) is 4.57. The zero-order valence-corrected chi connectivity index (χ0v) is 14.8. The van der Waals surface area contributed by atoms with Crippen LogP contribution in [0.2, 0.25) is 0 Å². The van der Waals surface area contributed by atoms with Crippen LogP contribution in [0.3, 0.4) is 0 Å². The van der Waals surface area contributed by atoms with Crippen LogP contribution in [0.4, 0.5) is 13.2 Å². The second kappa shape index (κ2) is 7.10. The second-order valence-corrected chi connectivity index (χ2v) is 6.21. The molecule has 2 amide bonds. The largest absolute Gasteiger partial charge is 0.396 e. The van der Waals surface area contributed by atoms with E-state index in [1.807, 2.05) is 0 Å². The molecule has 0 bridgehead atoms. The molecule has 1 aromatic heterocycles. The average Bonchev–Trinajstić information content (AvgIpc) is 3.26. The number of amides is 2. The van der Waals surface area contributed by atoms with Crippen LogP contribution in [0, 0.1) is 0 Å². The van der Waals surface area contributed by atoms with Crippen molar-refractivity contribution in [2.75, 3.05) is 0 Å². The van der Waals surface area contributed by atoms with Crippen molar-refractivity contribution in [3.8, 4) is 11.5 Å². The Bertz CT molecular complexity index is 1120. The minimum atomic E-state index is -4.47. The van der Waals surface area contributed by atoms with Crippen molar-refractivity contribution in [3.63, 3.8) is 0 Å². The van der Waals surface area contributed by atoms with Crippen LogP contribution in [0.1, 0.15) is 36.9 Å². The molecule has 30 heavy (non-hydrogen) atoms. The Morgan fingerprint density at radius 1 is 1.00 bits per heavy atom. The molecule has 0 radical (unpaired) electrons. The quantitative estimate of drug-likeness (QED) is 0.601. The minimum Gasteiger partial charge on any atom is -0.334 e. The van der Waals surface area contributed by atoms with Crippen LogP contribution in [0.25, 0.3) is 11.5 Å². The number of hydrogen-bond acceptors (Lipinski definition) is 7. The molecule has 3 aromatic rings. The predicted molar refractivity (Wildman–Crippen MR) is 91.9 cm³/mol. The maximum atomic E-state index is 12.4. The number of hydroxylamine groups is 2. The highest BCUT2D eigenvalue weighted by Gasteiger charge is 2.38. The number of imide groups is 1.